The lowest BCUT2D eigenvalue weighted by Crippen LogP contribution is -2.48. The molecular weight excluding hydrogens is 296 g/mol. The number of aryl methyl sites for hydroxylation is 1. The molecule has 1 N–H and O–H groups in total. The highest BCUT2D eigenvalue weighted by Crippen LogP contribution is 2.16. The molecule has 120 valence electrons. The molecule has 7 heteroatoms. The van der Waals surface area contributed by atoms with E-state index in [1.54, 1.807) is 21.7 Å². The SMILES string of the molecule is Cn1cc(N2CCN(C(=O)c3ccc(C(=O)O)cc3)CC2)cn1. The van der Waals surface area contributed by atoms with Gasteiger partial charge < -0.3 is 14.9 Å². The molecule has 1 amide bonds. The fourth-order valence-electron chi connectivity index (χ4n) is 2.68. The summed E-state index contributed by atoms with van der Waals surface area (Å²) in [6.45, 7) is 2.78. The van der Waals surface area contributed by atoms with Crippen LogP contribution in [-0.2, 0) is 7.05 Å². The van der Waals surface area contributed by atoms with Crippen molar-refractivity contribution in [1.29, 1.82) is 0 Å². The van der Waals surface area contributed by atoms with Crippen molar-refractivity contribution in [3.63, 3.8) is 0 Å². The first-order chi connectivity index (χ1) is 11.0. The van der Waals surface area contributed by atoms with Gasteiger partial charge in [-0.1, -0.05) is 0 Å². The van der Waals surface area contributed by atoms with Crippen LogP contribution in [0.1, 0.15) is 20.7 Å². The lowest BCUT2D eigenvalue weighted by Gasteiger charge is -2.35. The van der Waals surface area contributed by atoms with E-state index in [1.165, 1.54) is 12.1 Å². The lowest BCUT2D eigenvalue weighted by atomic mass is 10.1. The summed E-state index contributed by atoms with van der Waals surface area (Å²) in [4.78, 5) is 27.3. The van der Waals surface area contributed by atoms with Gasteiger partial charge in [0, 0.05) is 45.0 Å². The summed E-state index contributed by atoms with van der Waals surface area (Å²) >= 11 is 0. The van der Waals surface area contributed by atoms with Gasteiger partial charge in [0.05, 0.1) is 17.4 Å². The van der Waals surface area contributed by atoms with Crippen molar-refractivity contribution in [3.8, 4) is 0 Å². The third-order valence-electron chi connectivity index (χ3n) is 4.00. The van der Waals surface area contributed by atoms with Crippen LogP contribution in [0.5, 0.6) is 0 Å². The molecule has 1 saturated heterocycles. The van der Waals surface area contributed by atoms with Gasteiger partial charge in [-0.15, -0.1) is 0 Å². The molecule has 1 fully saturated rings. The Hall–Kier alpha value is -2.83. The Morgan fingerprint density at radius 3 is 2.17 bits per heavy atom. The highest BCUT2D eigenvalue weighted by Gasteiger charge is 2.23. The molecule has 0 bridgehead atoms. The van der Waals surface area contributed by atoms with E-state index < -0.39 is 5.97 Å². The van der Waals surface area contributed by atoms with Gasteiger partial charge in [-0.2, -0.15) is 5.10 Å². The summed E-state index contributed by atoms with van der Waals surface area (Å²) in [5.41, 5.74) is 1.76. The van der Waals surface area contributed by atoms with Crippen molar-refractivity contribution in [2.45, 2.75) is 0 Å². The number of carboxylic acid groups (broad SMARTS) is 1. The van der Waals surface area contributed by atoms with Crippen LogP contribution in [0.25, 0.3) is 0 Å². The second kappa shape index (κ2) is 6.12. The minimum Gasteiger partial charge on any atom is -0.478 e. The van der Waals surface area contributed by atoms with Crippen molar-refractivity contribution in [2.24, 2.45) is 7.05 Å². The van der Waals surface area contributed by atoms with Crippen LogP contribution in [-0.4, -0.2) is 57.8 Å². The Bertz CT molecular complexity index is 715. The van der Waals surface area contributed by atoms with Crippen molar-refractivity contribution in [1.82, 2.24) is 14.7 Å². The first-order valence-corrected chi connectivity index (χ1v) is 7.41. The van der Waals surface area contributed by atoms with Crippen molar-refractivity contribution < 1.29 is 14.7 Å². The number of rotatable bonds is 3. The average Bonchev–Trinajstić information content (AvgIpc) is 3.01. The number of aromatic nitrogens is 2. The second-order valence-electron chi connectivity index (χ2n) is 5.53. The number of carbonyl (C=O) groups is 2. The summed E-state index contributed by atoms with van der Waals surface area (Å²) < 4.78 is 1.76. The lowest BCUT2D eigenvalue weighted by molar-refractivity contribution is 0.0693. The molecular formula is C16H18N4O3. The molecule has 0 aliphatic carbocycles. The second-order valence-corrected chi connectivity index (χ2v) is 5.53. The van der Waals surface area contributed by atoms with Gasteiger partial charge in [0.15, 0.2) is 0 Å². The Balaban J connectivity index is 1.62. The average molecular weight is 314 g/mol. The van der Waals surface area contributed by atoms with Crippen LogP contribution in [0.4, 0.5) is 5.69 Å². The largest absolute Gasteiger partial charge is 0.478 e. The number of carbonyl (C=O) groups excluding carboxylic acids is 1. The monoisotopic (exact) mass is 314 g/mol. The minimum atomic E-state index is -0.992. The minimum absolute atomic E-state index is 0.0622. The molecule has 23 heavy (non-hydrogen) atoms. The molecule has 2 aromatic rings. The third kappa shape index (κ3) is 3.18. The number of anilines is 1. The molecule has 0 unspecified atom stereocenters. The zero-order valence-corrected chi connectivity index (χ0v) is 12.8. The van der Waals surface area contributed by atoms with Gasteiger partial charge >= 0.3 is 5.97 Å². The van der Waals surface area contributed by atoms with Crippen molar-refractivity contribution >= 4 is 17.6 Å². The highest BCUT2D eigenvalue weighted by atomic mass is 16.4. The molecule has 3 rings (SSSR count). The molecule has 1 aliphatic heterocycles. The molecule has 1 aliphatic rings. The molecule has 0 atom stereocenters. The van der Waals surface area contributed by atoms with Crippen LogP contribution >= 0.6 is 0 Å². The molecule has 7 nitrogen and oxygen atoms in total. The molecule has 1 aromatic carbocycles. The molecule has 0 radical (unpaired) electrons. The normalized spacial score (nSPS) is 14.8. The predicted molar refractivity (Wildman–Crippen MR) is 84.7 cm³/mol. The van der Waals surface area contributed by atoms with E-state index in [2.05, 4.69) is 10.00 Å². The fraction of sp³-hybridized carbons (Fsp3) is 0.312. The van der Waals surface area contributed by atoms with E-state index in [0.29, 0.717) is 18.7 Å². The number of hydrogen-bond donors (Lipinski definition) is 1. The summed E-state index contributed by atoms with van der Waals surface area (Å²) in [6.07, 6.45) is 3.78. The van der Waals surface area contributed by atoms with Gasteiger partial charge in [-0.25, -0.2) is 4.79 Å². The van der Waals surface area contributed by atoms with E-state index in [9.17, 15) is 9.59 Å². The molecule has 2 heterocycles. The van der Waals surface area contributed by atoms with Gasteiger partial charge in [0.25, 0.3) is 5.91 Å². The van der Waals surface area contributed by atoms with Crippen LogP contribution in [0.3, 0.4) is 0 Å². The number of carboxylic acids is 1. The number of piperazine rings is 1. The first kappa shape index (κ1) is 15.1. The number of amides is 1. The molecule has 1 aromatic heterocycles. The zero-order valence-electron chi connectivity index (χ0n) is 12.8. The Morgan fingerprint density at radius 1 is 1.04 bits per heavy atom. The fourth-order valence-corrected chi connectivity index (χ4v) is 2.68. The predicted octanol–water partition coefficient (Wildman–Crippen LogP) is 1.08. The Labute approximate surface area is 133 Å². The van der Waals surface area contributed by atoms with Crippen LogP contribution < -0.4 is 4.90 Å². The summed E-state index contributed by atoms with van der Waals surface area (Å²) in [7, 11) is 1.88. The number of benzene rings is 1. The van der Waals surface area contributed by atoms with Crippen LogP contribution in [0.15, 0.2) is 36.7 Å². The number of nitrogens with zero attached hydrogens (tertiary/aromatic N) is 4. The van der Waals surface area contributed by atoms with E-state index in [4.69, 9.17) is 5.11 Å². The molecule has 0 saturated carbocycles. The van der Waals surface area contributed by atoms with Crippen LogP contribution in [0, 0.1) is 0 Å². The third-order valence-corrected chi connectivity index (χ3v) is 4.00. The van der Waals surface area contributed by atoms with E-state index in [-0.39, 0.29) is 11.5 Å². The summed E-state index contributed by atoms with van der Waals surface area (Å²) in [5, 5.41) is 13.1. The highest BCUT2D eigenvalue weighted by molar-refractivity contribution is 5.96. The standard InChI is InChI=1S/C16H18N4O3/c1-18-11-14(10-17-18)19-6-8-20(9-7-19)15(21)12-2-4-13(5-3-12)16(22)23/h2-5,10-11H,6-9H2,1H3,(H,22,23). The van der Waals surface area contributed by atoms with Gasteiger partial charge in [0.1, 0.15) is 0 Å². The van der Waals surface area contributed by atoms with Crippen molar-refractivity contribution in [2.75, 3.05) is 31.1 Å². The van der Waals surface area contributed by atoms with Gasteiger partial charge in [0.2, 0.25) is 0 Å². The smallest absolute Gasteiger partial charge is 0.335 e. The van der Waals surface area contributed by atoms with Gasteiger partial charge in [-0.05, 0) is 24.3 Å². The summed E-state index contributed by atoms with van der Waals surface area (Å²) in [5.74, 6) is -1.05. The zero-order chi connectivity index (χ0) is 16.4. The number of hydrogen-bond acceptors (Lipinski definition) is 4. The maximum atomic E-state index is 12.5. The Morgan fingerprint density at radius 2 is 1.65 bits per heavy atom. The topological polar surface area (TPSA) is 78.7 Å². The quantitative estimate of drug-likeness (QED) is 0.917. The molecule has 0 spiro atoms. The maximum Gasteiger partial charge on any atom is 0.335 e. The van der Waals surface area contributed by atoms with E-state index >= 15 is 0 Å². The van der Waals surface area contributed by atoms with Gasteiger partial charge in [-0.3, -0.25) is 9.48 Å². The van der Waals surface area contributed by atoms with E-state index in [1.807, 2.05) is 19.4 Å². The maximum absolute atomic E-state index is 12.5. The summed E-state index contributed by atoms with van der Waals surface area (Å²) in [6, 6.07) is 6.06. The van der Waals surface area contributed by atoms with Crippen LogP contribution in [0.2, 0.25) is 0 Å². The van der Waals surface area contributed by atoms with Crippen molar-refractivity contribution in [3.05, 3.63) is 47.8 Å². The first-order valence-electron chi connectivity index (χ1n) is 7.41. The van der Waals surface area contributed by atoms with E-state index in [0.717, 1.165) is 18.8 Å². The Kier molecular flexibility index (Phi) is 4.01. The number of aromatic carboxylic acids is 1.